The highest BCUT2D eigenvalue weighted by molar-refractivity contribution is 5.73. The summed E-state index contributed by atoms with van der Waals surface area (Å²) in [5.74, 6) is -0.800. The normalized spacial score (nSPS) is 27.4. The van der Waals surface area contributed by atoms with Crippen LogP contribution in [-0.4, -0.2) is 36.8 Å². The molecule has 1 aliphatic rings. The van der Waals surface area contributed by atoms with E-state index in [1.165, 1.54) is 0 Å². The Bertz CT molecular complexity index is 119. The molecule has 0 bridgehead atoms. The lowest BCUT2D eigenvalue weighted by atomic mass is 10.3. The van der Waals surface area contributed by atoms with Crippen molar-refractivity contribution in [3.8, 4) is 0 Å². The maximum Gasteiger partial charge on any atom is 0.322 e. The largest absolute Gasteiger partial charge is 0.480 e. The van der Waals surface area contributed by atoms with Crippen LogP contribution < -0.4 is 10.6 Å². The Labute approximate surface area is 59.6 Å². The Morgan fingerprint density at radius 1 is 1.70 bits per heavy atom. The first-order valence-corrected chi connectivity index (χ1v) is 3.40. The van der Waals surface area contributed by atoms with Gasteiger partial charge in [-0.25, -0.2) is 5.32 Å². The SMILES string of the molecule is O=C(O)C1C[N]CCCN1. The fourth-order valence-electron chi connectivity index (χ4n) is 0.917. The minimum atomic E-state index is -0.800. The van der Waals surface area contributed by atoms with Gasteiger partial charge in [-0.3, -0.25) is 4.79 Å². The van der Waals surface area contributed by atoms with Crippen LogP contribution in [0.4, 0.5) is 0 Å². The highest BCUT2D eigenvalue weighted by atomic mass is 16.4. The van der Waals surface area contributed by atoms with E-state index in [-0.39, 0.29) is 0 Å². The molecule has 1 heterocycles. The van der Waals surface area contributed by atoms with Gasteiger partial charge in [0.15, 0.2) is 0 Å². The highest BCUT2D eigenvalue weighted by Gasteiger charge is 2.17. The third-order valence-electron chi connectivity index (χ3n) is 1.49. The van der Waals surface area contributed by atoms with Crippen LogP contribution in [0.15, 0.2) is 0 Å². The summed E-state index contributed by atoms with van der Waals surface area (Å²) in [7, 11) is 0. The molecule has 0 aromatic heterocycles. The average molecular weight is 143 g/mol. The molecule has 0 aliphatic carbocycles. The van der Waals surface area contributed by atoms with Crippen molar-refractivity contribution in [1.29, 1.82) is 0 Å². The van der Waals surface area contributed by atoms with Crippen molar-refractivity contribution in [2.45, 2.75) is 12.5 Å². The summed E-state index contributed by atoms with van der Waals surface area (Å²) in [6.45, 7) is 1.96. The summed E-state index contributed by atoms with van der Waals surface area (Å²) < 4.78 is 0. The molecule has 1 aliphatic heterocycles. The molecule has 10 heavy (non-hydrogen) atoms. The van der Waals surface area contributed by atoms with Gasteiger partial charge in [-0.05, 0) is 13.0 Å². The van der Waals surface area contributed by atoms with Gasteiger partial charge in [-0.15, -0.1) is 0 Å². The van der Waals surface area contributed by atoms with Crippen LogP contribution in [0, 0.1) is 0 Å². The molecule has 0 aromatic rings. The average Bonchev–Trinajstić information content (AvgIpc) is 2.12. The van der Waals surface area contributed by atoms with Crippen LogP contribution in [-0.2, 0) is 4.79 Å². The van der Waals surface area contributed by atoms with Crippen molar-refractivity contribution in [2.24, 2.45) is 0 Å². The molecule has 1 fully saturated rings. The van der Waals surface area contributed by atoms with Crippen molar-refractivity contribution in [3.63, 3.8) is 0 Å². The highest BCUT2D eigenvalue weighted by Crippen LogP contribution is 1.89. The number of rotatable bonds is 1. The molecule has 0 aromatic carbocycles. The van der Waals surface area contributed by atoms with Crippen LogP contribution in [0.1, 0.15) is 6.42 Å². The van der Waals surface area contributed by atoms with Gasteiger partial charge in [0.25, 0.3) is 0 Å². The van der Waals surface area contributed by atoms with Crippen LogP contribution in [0.2, 0.25) is 0 Å². The van der Waals surface area contributed by atoms with Crippen LogP contribution in [0.3, 0.4) is 0 Å². The maximum absolute atomic E-state index is 10.4. The molecule has 1 atom stereocenters. The Kier molecular flexibility index (Phi) is 2.65. The smallest absolute Gasteiger partial charge is 0.322 e. The van der Waals surface area contributed by atoms with E-state index < -0.39 is 12.0 Å². The predicted octanol–water partition coefficient (Wildman–Crippen LogP) is -0.963. The molecular formula is C6H11N2O2. The lowest BCUT2D eigenvalue weighted by Gasteiger charge is -2.07. The quantitative estimate of drug-likeness (QED) is 0.497. The molecule has 1 radical (unpaired) electrons. The summed E-state index contributed by atoms with van der Waals surface area (Å²) in [5, 5.41) is 15.5. The molecule has 1 saturated heterocycles. The Balaban J connectivity index is 2.35. The lowest BCUT2D eigenvalue weighted by molar-refractivity contribution is -0.139. The summed E-state index contributed by atoms with van der Waals surface area (Å²) in [4.78, 5) is 10.4. The number of nitrogens with zero attached hydrogens (tertiary/aromatic N) is 1. The van der Waals surface area contributed by atoms with Crippen molar-refractivity contribution in [1.82, 2.24) is 10.6 Å². The zero-order valence-corrected chi connectivity index (χ0v) is 5.71. The second-order valence-corrected chi connectivity index (χ2v) is 2.33. The molecule has 57 valence electrons. The summed E-state index contributed by atoms with van der Waals surface area (Å²) >= 11 is 0. The van der Waals surface area contributed by atoms with Gasteiger partial charge in [0.1, 0.15) is 6.04 Å². The second-order valence-electron chi connectivity index (χ2n) is 2.33. The van der Waals surface area contributed by atoms with E-state index in [2.05, 4.69) is 10.6 Å². The molecule has 1 rings (SSSR count). The minimum Gasteiger partial charge on any atom is -0.480 e. The van der Waals surface area contributed by atoms with Crippen LogP contribution in [0.25, 0.3) is 0 Å². The van der Waals surface area contributed by atoms with Crippen LogP contribution >= 0.6 is 0 Å². The number of hydrogen-bond donors (Lipinski definition) is 2. The molecule has 2 N–H and O–H groups in total. The monoisotopic (exact) mass is 143 g/mol. The zero-order valence-electron chi connectivity index (χ0n) is 5.71. The number of hydrogen-bond acceptors (Lipinski definition) is 2. The van der Waals surface area contributed by atoms with E-state index in [0.717, 1.165) is 19.5 Å². The van der Waals surface area contributed by atoms with Crippen LogP contribution in [0.5, 0.6) is 0 Å². The van der Waals surface area contributed by atoms with Crippen molar-refractivity contribution in [3.05, 3.63) is 0 Å². The summed E-state index contributed by atoms with van der Waals surface area (Å²) in [6, 6.07) is -0.456. The van der Waals surface area contributed by atoms with Crippen molar-refractivity contribution >= 4 is 5.97 Å². The van der Waals surface area contributed by atoms with Gasteiger partial charge in [0.2, 0.25) is 0 Å². The standard InChI is InChI=1S/C6H11N2O2/c9-6(10)5-4-7-2-1-3-8-5/h5,8H,1-4H2,(H,9,10). The first kappa shape index (κ1) is 7.50. The molecular weight excluding hydrogens is 132 g/mol. The number of carboxylic acids is 1. The van der Waals surface area contributed by atoms with E-state index >= 15 is 0 Å². The van der Waals surface area contributed by atoms with E-state index in [9.17, 15) is 4.79 Å². The zero-order chi connectivity index (χ0) is 7.40. The Morgan fingerprint density at radius 3 is 3.20 bits per heavy atom. The third-order valence-corrected chi connectivity index (χ3v) is 1.49. The molecule has 4 nitrogen and oxygen atoms in total. The van der Waals surface area contributed by atoms with Crippen molar-refractivity contribution < 1.29 is 9.90 Å². The van der Waals surface area contributed by atoms with Gasteiger partial charge >= 0.3 is 5.97 Å². The van der Waals surface area contributed by atoms with Gasteiger partial charge in [-0.1, -0.05) is 0 Å². The number of aliphatic carboxylic acids is 1. The van der Waals surface area contributed by atoms with Gasteiger partial charge in [-0.2, -0.15) is 0 Å². The number of nitrogens with one attached hydrogen (secondary N) is 1. The fraction of sp³-hybridized carbons (Fsp3) is 0.833. The van der Waals surface area contributed by atoms with E-state index in [1.807, 2.05) is 0 Å². The first-order chi connectivity index (χ1) is 4.80. The molecule has 0 saturated carbocycles. The van der Waals surface area contributed by atoms with Gasteiger partial charge < -0.3 is 10.4 Å². The maximum atomic E-state index is 10.4. The number of carbonyl (C=O) groups is 1. The molecule has 0 spiro atoms. The van der Waals surface area contributed by atoms with E-state index in [4.69, 9.17) is 5.11 Å². The fourth-order valence-corrected chi connectivity index (χ4v) is 0.917. The molecule has 0 amide bonds. The Morgan fingerprint density at radius 2 is 2.50 bits per heavy atom. The second kappa shape index (κ2) is 3.53. The number of carboxylic acid groups (broad SMARTS) is 1. The Hall–Kier alpha value is -0.610. The summed E-state index contributed by atoms with van der Waals surface area (Å²) in [5.41, 5.74) is 0. The first-order valence-electron chi connectivity index (χ1n) is 3.40. The molecule has 4 heteroatoms. The third kappa shape index (κ3) is 1.97. The van der Waals surface area contributed by atoms with E-state index in [0.29, 0.717) is 6.54 Å². The van der Waals surface area contributed by atoms with Gasteiger partial charge in [0.05, 0.1) is 0 Å². The predicted molar refractivity (Wildman–Crippen MR) is 35.9 cm³/mol. The topological polar surface area (TPSA) is 63.4 Å². The molecule has 1 unspecified atom stereocenters. The van der Waals surface area contributed by atoms with Gasteiger partial charge in [0, 0.05) is 13.1 Å². The van der Waals surface area contributed by atoms with Crippen molar-refractivity contribution in [2.75, 3.05) is 19.6 Å². The van der Waals surface area contributed by atoms with E-state index in [1.54, 1.807) is 0 Å². The minimum absolute atomic E-state index is 0.412. The lowest BCUT2D eigenvalue weighted by Crippen LogP contribution is -2.40. The summed E-state index contributed by atoms with van der Waals surface area (Å²) in [6.07, 6.45) is 0.948.